The van der Waals surface area contributed by atoms with E-state index in [1.165, 1.54) is 93.7 Å². The van der Waals surface area contributed by atoms with Crippen LogP contribution in [0.5, 0.6) is 0 Å². The maximum absolute atomic E-state index is 4.93. The van der Waals surface area contributed by atoms with Gasteiger partial charge in [-0.25, -0.2) is 9.97 Å². The van der Waals surface area contributed by atoms with Crippen molar-refractivity contribution in [1.82, 2.24) is 9.97 Å². The van der Waals surface area contributed by atoms with Crippen LogP contribution in [0.25, 0.3) is 11.1 Å². The number of unbranched alkanes of at least 4 members (excludes halogenated alkanes) is 4. The van der Waals surface area contributed by atoms with Gasteiger partial charge in [-0.1, -0.05) is 76.6 Å². The molecule has 1 fully saturated rings. The second kappa shape index (κ2) is 11.5. The van der Waals surface area contributed by atoms with E-state index in [4.69, 9.17) is 9.97 Å². The summed E-state index contributed by atoms with van der Waals surface area (Å²) < 4.78 is 0. The Morgan fingerprint density at radius 2 is 1.59 bits per heavy atom. The maximum atomic E-state index is 4.93. The van der Waals surface area contributed by atoms with E-state index in [0.717, 1.165) is 17.4 Å². The van der Waals surface area contributed by atoms with E-state index in [9.17, 15) is 0 Å². The van der Waals surface area contributed by atoms with E-state index in [1.54, 1.807) is 0 Å². The molecule has 2 aromatic rings. The molecule has 0 unspecified atom stereocenters. The molecule has 3 rings (SSSR count). The van der Waals surface area contributed by atoms with E-state index in [1.807, 2.05) is 0 Å². The Labute approximate surface area is 178 Å². The lowest BCUT2D eigenvalue weighted by molar-refractivity contribution is 0.302. The lowest BCUT2D eigenvalue weighted by Gasteiger charge is -2.27. The first kappa shape index (κ1) is 22.0. The molecule has 2 nitrogen and oxygen atoms in total. The van der Waals surface area contributed by atoms with E-state index < -0.39 is 0 Å². The molecule has 1 aliphatic rings. The minimum absolute atomic E-state index is 0.561. The lowest BCUT2D eigenvalue weighted by Crippen LogP contribution is -2.15. The van der Waals surface area contributed by atoms with Gasteiger partial charge in [-0.2, -0.15) is 0 Å². The van der Waals surface area contributed by atoms with Gasteiger partial charge >= 0.3 is 0 Å². The first-order valence-electron chi connectivity index (χ1n) is 12.1. The number of rotatable bonds is 10. The van der Waals surface area contributed by atoms with Gasteiger partial charge in [0.25, 0.3) is 0 Å². The second-order valence-electron chi connectivity index (χ2n) is 9.09. The van der Waals surface area contributed by atoms with Crippen LogP contribution >= 0.6 is 0 Å². The van der Waals surface area contributed by atoms with Crippen molar-refractivity contribution in [2.75, 3.05) is 0 Å². The number of hydrogen-bond acceptors (Lipinski definition) is 2. The third-order valence-electron chi connectivity index (χ3n) is 6.74. The maximum Gasteiger partial charge on any atom is 0.131 e. The molecule has 0 atom stereocenters. The average molecular weight is 393 g/mol. The van der Waals surface area contributed by atoms with Crippen molar-refractivity contribution in [3.8, 4) is 11.1 Å². The van der Waals surface area contributed by atoms with Crippen molar-refractivity contribution < 1.29 is 0 Å². The van der Waals surface area contributed by atoms with Crippen molar-refractivity contribution in [2.45, 2.75) is 104 Å². The molecule has 0 amide bonds. The fraction of sp³-hybridized carbons (Fsp3) is 0.630. The molecule has 1 aliphatic carbocycles. The fourth-order valence-electron chi connectivity index (χ4n) is 4.87. The molecular formula is C27H40N2. The third-order valence-corrected chi connectivity index (χ3v) is 6.74. The van der Waals surface area contributed by atoms with Gasteiger partial charge in [0.15, 0.2) is 0 Å². The van der Waals surface area contributed by atoms with E-state index in [2.05, 4.69) is 51.2 Å². The Kier molecular flexibility index (Phi) is 8.70. The summed E-state index contributed by atoms with van der Waals surface area (Å²) in [5.74, 6) is 2.57. The summed E-state index contributed by atoms with van der Waals surface area (Å²) in [5.41, 5.74) is 5.00. The molecule has 29 heavy (non-hydrogen) atoms. The highest BCUT2D eigenvalue weighted by molar-refractivity contribution is 5.65. The van der Waals surface area contributed by atoms with Gasteiger partial charge in [-0.05, 0) is 62.5 Å². The molecule has 1 aromatic heterocycles. The first-order chi connectivity index (χ1) is 14.2. The second-order valence-corrected chi connectivity index (χ2v) is 9.09. The van der Waals surface area contributed by atoms with Gasteiger partial charge in [-0.3, -0.25) is 0 Å². The van der Waals surface area contributed by atoms with Crippen molar-refractivity contribution in [3.63, 3.8) is 0 Å². The third kappa shape index (κ3) is 6.39. The Morgan fingerprint density at radius 1 is 0.862 bits per heavy atom. The predicted octanol–water partition coefficient (Wildman–Crippen LogP) is 8.04. The molecule has 0 saturated heterocycles. The van der Waals surface area contributed by atoms with E-state index >= 15 is 0 Å². The average Bonchev–Trinajstić information content (AvgIpc) is 2.75. The Bertz CT molecular complexity index is 727. The minimum Gasteiger partial charge on any atom is -0.240 e. The van der Waals surface area contributed by atoms with Crippen LogP contribution in [0.3, 0.4) is 0 Å². The highest BCUT2D eigenvalue weighted by atomic mass is 14.9. The molecule has 0 spiro atoms. The number of aromatic nitrogens is 2. The molecule has 1 aromatic carbocycles. The van der Waals surface area contributed by atoms with Crippen LogP contribution in [0.15, 0.2) is 30.5 Å². The van der Waals surface area contributed by atoms with Crippen LogP contribution in [0, 0.1) is 12.8 Å². The molecule has 0 bridgehead atoms. The van der Waals surface area contributed by atoms with Crippen molar-refractivity contribution in [1.29, 1.82) is 0 Å². The predicted molar refractivity (Wildman–Crippen MR) is 124 cm³/mol. The smallest absolute Gasteiger partial charge is 0.131 e. The van der Waals surface area contributed by atoms with Crippen LogP contribution in [0.1, 0.15) is 107 Å². The zero-order valence-corrected chi connectivity index (χ0v) is 18.9. The lowest BCUT2D eigenvalue weighted by atomic mass is 9.79. The van der Waals surface area contributed by atoms with Crippen molar-refractivity contribution >= 4 is 0 Å². The fourth-order valence-corrected chi connectivity index (χ4v) is 4.87. The van der Waals surface area contributed by atoms with Gasteiger partial charge in [0.2, 0.25) is 0 Å². The van der Waals surface area contributed by atoms with Crippen molar-refractivity contribution in [2.24, 2.45) is 5.92 Å². The van der Waals surface area contributed by atoms with Crippen LogP contribution in [0.2, 0.25) is 0 Å². The SMILES string of the molecule is CCCCCCCc1ccc(-c2cnc(C3CCC(CCC)CC3)nc2C)cc1. The molecule has 0 aliphatic heterocycles. The Balaban J connectivity index is 1.57. The highest BCUT2D eigenvalue weighted by Gasteiger charge is 2.24. The molecule has 1 heterocycles. The normalized spacial score (nSPS) is 19.4. The topological polar surface area (TPSA) is 25.8 Å². The molecule has 0 radical (unpaired) electrons. The number of aryl methyl sites for hydroxylation is 2. The van der Waals surface area contributed by atoms with Gasteiger partial charge in [0.1, 0.15) is 5.82 Å². The van der Waals surface area contributed by atoms with Crippen molar-refractivity contribution in [3.05, 3.63) is 47.5 Å². The van der Waals surface area contributed by atoms with Gasteiger partial charge in [0.05, 0.1) is 0 Å². The quantitative estimate of drug-likeness (QED) is 0.382. The Morgan fingerprint density at radius 3 is 2.24 bits per heavy atom. The number of benzene rings is 1. The van der Waals surface area contributed by atoms with Gasteiger partial charge in [-0.15, -0.1) is 0 Å². The van der Waals surface area contributed by atoms with Crippen LogP contribution in [-0.4, -0.2) is 9.97 Å². The van der Waals surface area contributed by atoms with Crippen LogP contribution in [-0.2, 0) is 6.42 Å². The molecule has 0 N–H and O–H groups in total. The first-order valence-corrected chi connectivity index (χ1v) is 12.1. The number of hydrogen-bond donors (Lipinski definition) is 0. The molecule has 1 saturated carbocycles. The van der Waals surface area contributed by atoms with Crippen LogP contribution in [0.4, 0.5) is 0 Å². The van der Waals surface area contributed by atoms with Crippen LogP contribution < -0.4 is 0 Å². The molecule has 158 valence electrons. The van der Waals surface area contributed by atoms with E-state index in [-0.39, 0.29) is 0 Å². The summed E-state index contributed by atoms with van der Waals surface area (Å²) in [6, 6.07) is 9.08. The minimum atomic E-state index is 0.561. The van der Waals surface area contributed by atoms with Gasteiger partial charge in [0, 0.05) is 23.4 Å². The standard InChI is InChI=1S/C27H40N2/c1-4-6-7-8-9-11-23-12-16-24(17-13-23)26-20-28-27(29-21(26)3)25-18-14-22(10-5-2)15-19-25/h12-13,16-17,20,22,25H,4-11,14-15,18-19H2,1-3H3. The zero-order valence-electron chi connectivity index (χ0n) is 18.9. The summed E-state index contributed by atoms with van der Waals surface area (Å²) in [7, 11) is 0. The molecular weight excluding hydrogens is 352 g/mol. The largest absolute Gasteiger partial charge is 0.240 e. The van der Waals surface area contributed by atoms with Gasteiger partial charge < -0.3 is 0 Å². The summed E-state index contributed by atoms with van der Waals surface area (Å²) >= 11 is 0. The monoisotopic (exact) mass is 392 g/mol. The van der Waals surface area contributed by atoms with E-state index in [0.29, 0.717) is 5.92 Å². The summed E-state index contributed by atoms with van der Waals surface area (Å²) in [6.07, 6.45) is 17.9. The molecule has 2 heteroatoms. The summed E-state index contributed by atoms with van der Waals surface area (Å²) in [4.78, 5) is 9.73. The summed E-state index contributed by atoms with van der Waals surface area (Å²) in [5, 5.41) is 0. The Hall–Kier alpha value is -1.70. The summed E-state index contributed by atoms with van der Waals surface area (Å²) in [6.45, 7) is 6.72. The highest BCUT2D eigenvalue weighted by Crippen LogP contribution is 2.36. The number of nitrogens with zero attached hydrogens (tertiary/aromatic N) is 2. The zero-order chi connectivity index (χ0) is 20.5.